The summed E-state index contributed by atoms with van der Waals surface area (Å²) in [6, 6.07) is 0. The molecule has 0 radical (unpaired) electrons. The zero-order chi connectivity index (χ0) is 14.5. The molecule has 20 heavy (non-hydrogen) atoms. The van der Waals surface area contributed by atoms with Crippen LogP contribution in [0.4, 0.5) is 5.82 Å². The number of nitrogens with one attached hydrogen (secondary N) is 1. The molecule has 2 aliphatic rings. The Labute approximate surface area is 126 Å². The summed E-state index contributed by atoms with van der Waals surface area (Å²) < 4.78 is 13.3. The van der Waals surface area contributed by atoms with Crippen molar-refractivity contribution in [3.8, 4) is 0 Å². The highest BCUT2D eigenvalue weighted by molar-refractivity contribution is 8.01. The van der Waals surface area contributed by atoms with Gasteiger partial charge in [0, 0.05) is 5.75 Å². The zero-order valence-corrected chi connectivity index (χ0v) is 12.7. The summed E-state index contributed by atoms with van der Waals surface area (Å²) in [7, 11) is 0. The number of nitrogen functional groups attached to an aromatic ring is 1. The third-order valence-electron chi connectivity index (χ3n) is 3.36. The van der Waals surface area contributed by atoms with Crippen LogP contribution in [0, 0.1) is 5.41 Å². The van der Waals surface area contributed by atoms with Gasteiger partial charge in [-0.25, -0.2) is 9.55 Å². The highest BCUT2D eigenvalue weighted by atomic mass is 35.5. The third kappa shape index (κ3) is 2.28. The van der Waals surface area contributed by atoms with Gasteiger partial charge in [0.2, 0.25) is 11.0 Å². The Bertz CT molecular complexity index is 568. The van der Waals surface area contributed by atoms with Crippen LogP contribution in [0.1, 0.15) is 13.8 Å². The number of nitrogens with two attached hydrogens (primary N) is 1. The van der Waals surface area contributed by atoms with E-state index in [1.807, 2.05) is 13.8 Å². The van der Waals surface area contributed by atoms with E-state index < -0.39 is 5.79 Å². The summed E-state index contributed by atoms with van der Waals surface area (Å²) >= 11 is 7.54. The number of nitrogens with zero attached hydrogens (tertiary/aromatic N) is 2. The Morgan fingerprint density at radius 3 is 3.10 bits per heavy atom. The third-order valence-corrected chi connectivity index (χ3v) is 5.03. The molecular weight excluding hydrogens is 300 g/mol. The van der Waals surface area contributed by atoms with Crippen LogP contribution in [0.3, 0.4) is 0 Å². The Hall–Kier alpha value is -0.890. The Kier molecular flexibility index (Phi) is 3.40. The molecule has 0 bridgehead atoms. The normalized spacial score (nSPS) is 31.2. The van der Waals surface area contributed by atoms with E-state index in [2.05, 4.69) is 4.98 Å². The van der Waals surface area contributed by atoms with Crippen molar-refractivity contribution in [2.45, 2.75) is 37.1 Å². The lowest BCUT2D eigenvalue weighted by atomic mass is 10.1. The van der Waals surface area contributed by atoms with Crippen molar-refractivity contribution in [1.82, 2.24) is 4.98 Å². The first-order valence-corrected chi connectivity index (χ1v) is 7.69. The van der Waals surface area contributed by atoms with Crippen LogP contribution < -0.4 is 10.3 Å². The first kappa shape index (κ1) is 14.1. The summed E-state index contributed by atoms with van der Waals surface area (Å²) in [6.45, 7) is 3.78. The second-order valence-corrected chi connectivity index (χ2v) is 6.78. The van der Waals surface area contributed by atoms with Gasteiger partial charge in [-0.2, -0.15) is 5.41 Å². The van der Waals surface area contributed by atoms with Crippen LogP contribution in [0.5, 0.6) is 0 Å². The van der Waals surface area contributed by atoms with Crippen molar-refractivity contribution in [2.24, 2.45) is 0 Å². The van der Waals surface area contributed by atoms with Crippen molar-refractivity contribution < 1.29 is 14.0 Å². The molecule has 0 amide bonds. The minimum absolute atomic E-state index is 0.0134. The topological polar surface area (TPSA) is 85.1 Å². The predicted octanol–water partition coefficient (Wildman–Crippen LogP) is 1.07. The molecule has 3 heterocycles. The van der Waals surface area contributed by atoms with E-state index in [0.717, 1.165) is 5.75 Å². The summed E-state index contributed by atoms with van der Waals surface area (Å²) in [6.07, 6.45) is 3.04. The second-order valence-electron chi connectivity index (χ2n) is 5.25. The number of hydrogen-bond acceptors (Lipinski definition) is 6. The molecule has 0 saturated carbocycles. The summed E-state index contributed by atoms with van der Waals surface area (Å²) in [5.41, 5.74) is 5.89. The van der Waals surface area contributed by atoms with Crippen molar-refractivity contribution in [2.75, 3.05) is 11.5 Å². The molecule has 2 aliphatic heterocycles. The van der Waals surface area contributed by atoms with Crippen LogP contribution >= 0.6 is 23.4 Å². The van der Waals surface area contributed by atoms with Gasteiger partial charge < -0.3 is 15.2 Å². The molecule has 8 heteroatoms. The number of ether oxygens (including phenoxy) is 2. The minimum Gasteiger partial charge on any atom is -0.344 e. The fourth-order valence-electron chi connectivity index (χ4n) is 2.53. The Morgan fingerprint density at radius 2 is 2.35 bits per heavy atom. The molecule has 3 N–H and O–H groups in total. The maximum Gasteiger partial charge on any atom is 0.262 e. The fraction of sp³-hybridized carbons (Fsp3) is 0.583. The molecule has 0 spiro atoms. The van der Waals surface area contributed by atoms with Gasteiger partial charge >= 0.3 is 0 Å². The molecule has 0 aromatic carbocycles. The number of halogens is 1. The molecule has 2 unspecified atom stereocenters. The molecular formula is C12H16ClN4O2S+. The molecule has 0 aliphatic carbocycles. The van der Waals surface area contributed by atoms with E-state index in [4.69, 9.17) is 32.2 Å². The van der Waals surface area contributed by atoms with E-state index in [-0.39, 0.29) is 28.4 Å². The standard InChI is InChI=1S/C12H15ClN4O2S/c1-12(2)18-6-5-20-8(7(6)19-12)10(14)17-4-3-16-9(13)11(17)15/h3-4,6-8,14-15H,5H2,1-2H3/p+1/t6?,7?,8-/m1/s1. The number of aromatic nitrogens is 2. The maximum absolute atomic E-state index is 8.39. The van der Waals surface area contributed by atoms with Gasteiger partial charge in [-0.05, 0) is 13.8 Å². The van der Waals surface area contributed by atoms with Crippen molar-refractivity contribution in [3.05, 3.63) is 17.5 Å². The van der Waals surface area contributed by atoms with E-state index in [0.29, 0.717) is 5.84 Å². The molecule has 108 valence electrons. The van der Waals surface area contributed by atoms with E-state index in [1.54, 1.807) is 22.5 Å². The van der Waals surface area contributed by atoms with Crippen molar-refractivity contribution >= 4 is 35.0 Å². The monoisotopic (exact) mass is 315 g/mol. The van der Waals surface area contributed by atoms with Crippen LogP contribution in [0.15, 0.2) is 12.4 Å². The van der Waals surface area contributed by atoms with Gasteiger partial charge in [0.05, 0.1) is 18.5 Å². The minimum atomic E-state index is -0.596. The summed E-state index contributed by atoms with van der Waals surface area (Å²) in [5.74, 6) is 0.813. The molecule has 1 aromatic heterocycles. The number of hydrogen-bond donors (Lipinski definition) is 2. The smallest absolute Gasteiger partial charge is 0.262 e. The average Bonchev–Trinajstić information content (AvgIpc) is 2.86. The Morgan fingerprint density at radius 1 is 1.60 bits per heavy atom. The lowest BCUT2D eigenvalue weighted by Gasteiger charge is -2.20. The number of anilines is 1. The fourth-order valence-corrected chi connectivity index (χ4v) is 4.03. The summed E-state index contributed by atoms with van der Waals surface area (Å²) in [4.78, 5) is 3.90. The van der Waals surface area contributed by atoms with E-state index in [1.165, 1.54) is 6.20 Å². The molecule has 3 rings (SSSR count). The van der Waals surface area contributed by atoms with Gasteiger partial charge in [-0.15, -0.1) is 11.8 Å². The number of rotatable bonds is 1. The molecule has 2 fully saturated rings. The first-order valence-electron chi connectivity index (χ1n) is 6.27. The highest BCUT2D eigenvalue weighted by Crippen LogP contribution is 2.41. The lowest BCUT2D eigenvalue weighted by Crippen LogP contribution is -2.53. The summed E-state index contributed by atoms with van der Waals surface area (Å²) in [5, 5.41) is 8.45. The average molecular weight is 316 g/mol. The first-order chi connectivity index (χ1) is 9.39. The van der Waals surface area contributed by atoms with Crippen LogP contribution in [-0.2, 0) is 9.47 Å². The lowest BCUT2D eigenvalue weighted by molar-refractivity contribution is -0.543. The van der Waals surface area contributed by atoms with Gasteiger partial charge in [-0.3, -0.25) is 0 Å². The van der Waals surface area contributed by atoms with Gasteiger partial charge in [0.1, 0.15) is 11.4 Å². The van der Waals surface area contributed by atoms with Gasteiger partial charge in [-0.1, -0.05) is 11.6 Å². The van der Waals surface area contributed by atoms with Crippen LogP contribution in [0.2, 0.25) is 5.15 Å². The quantitative estimate of drug-likeness (QED) is 0.460. The zero-order valence-electron chi connectivity index (χ0n) is 11.2. The van der Waals surface area contributed by atoms with Crippen molar-refractivity contribution in [3.63, 3.8) is 0 Å². The van der Waals surface area contributed by atoms with Crippen LogP contribution in [-0.4, -0.2) is 39.8 Å². The highest BCUT2D eigenvalue weighted by Gasteiger charge is 2.52. The number of thioether (sulfide) groups is 1. The Balaban J connectivity index is 1.87. The largest absolute Gasteiger partial charge is 0.344 e. The van der Waals surface area contributed by atoms with Gasteiger partial charge in [0.15, 0.2) is 5.79 Å². The predicted molar refractivity (Wildman–Crippen MR) is 77.1 cm³/mol. The molecule has 2 saturated heterocycles. The number of fused-ring (bicyclic) bond motifs is 1. The van der Waals surface area contributed by atoms with Crippen molar-refractivity contribution in [1.29, 1.82) is 5.41 Å². The van der Waals surface area contributed by atoms with E-state index in [9.17, 15) is 0 Å². The van der Waals surface area contributed by atoms with E-state index >= 15 is 0 Å². The SMILES string of the molecule is CC1(C)OC2CS[C@@H](C(=N)[n+]3ccnc(Cl)c3N)C2O1. The van der Waals surface area contributed by atoms with Crippen LogP contribution in [0.25, 0.3) is 0 Å². The molecule has 6 nitrogen and oxygen atoms in total. The molecule has 3 atom stereocenters. The maximum atomic E-state index is 8.39. The second kappa shape index (κ2) is 4.84. The van der Waals surface area contributed by atoms with Gasteiger partial charge in [0.25, 0.3) is 5.82 Å². The molecule has 1 aromatic rings.